The van der Waals surface area contributed by atoms with Crippen LogP contribution in [0.2, 0.25) is 0 Å². The minimum atomic E-state index is -0.385. The second-order valence-electron chi connectivity index (χ2n) is 5.92. The molecule has 0 radical (unpaired) electrons. The molecule has 0 bridgehead atoms. The van der Waals surface area contributed by atoms with E-state index < -0.39 is 0 Å². The van der Waals surface area contributed by atoms with Crippen LogP contribution in [-0.4, -0.2) is 31.7 Å². The largest absolute Gasteiger partial charge is 0.490 e. The molecule has 0 unspecified atom stereocenters. The summed E-state index contributed by atoms with van der Waals surface area (Å²) in [5.74, 6) is 0.609. The molecule has 6 heteroatoms. The summed E-state index contributed by atoms with van der Waals surface area (Å²) in [7, 11) is 0. The van der Waals surface area contributed by atoms with Crippen molar-refractivity contribution in [2.24, 2.45) is 0 Å². The van der Waals surface area contributed by atoms with Crippen LogP contribution in [0.4, 0.5) is 5.69 Å². The fourth-order valence-corrected chi connectivity index (χ4v) is 2.66. The Hall–Kier alpha value is -3.02. The van der Waals surface area contributed by atoms with Gasteiger partial charge in [-0.2, -0.15) is 0 Å². The van der Waals surface area contributed by atoms with E-state index in [9.17, 15) is 9.59 Å². The number of rotatable bonds is 4. The summed E-state index contributed by atoms with van der Waals surface area (Å²) < 4.78 is 16.2. The summed E-state index contributed by atoms with van der Waals surface area (Å²) in [4.78, 5) is 24.3. The first-order valence-electron chi connectivity index (χ1n) is 8.57. The molecule has 0 aliphatic carbocycles. The molecule has 3 rings (SSSR count). The number of aryl methyl sites for hydroxylation is 1. The molecule has 0 fully saturated rings. The van der Waals surface area contributed by atoms with E-state index in [1.807, 2.05) is 13.0 Å². The number of carbonyl (C=O) groups is 2. The fraction of sp³-hybridized carbons (Fsp3) is 0.300. The third-order valence-corrected chi connectivity index (χ3v) is 3.99. The smallest absolute Gasteiger partial charge is 0.338 e. The van der Waals surface area contributed by atoms with Crippen molar-refractivity contribution in [2.45, 2.75) is 20.3 Å². The van der Waals surface area contributed by atoms with Crippen molar-refractivity contribution in [3.63, 3.8) is 0 Å². The lowest BCUT2D eigenvalue weighted by Crippen LogP contribution is -2.14. The van der Waals surface area contributed by atoms with Crippen LogP contribution in [0.3, 0.4) is 0 Å². The maximum absolute atomic E-state index is 12.6. The molecule has 1 aliphatic heterocycles. The molecule has 1 N–H and O–H groups in total. The van der Waals surface area contributed by atoms with E-state index in [0.717, 1.165) is 12.0 Å². The molecule has 0 saturated heterocycles. The lowest BCUT2D eigenvalue weighted by atomic mass is 10.1. The van der Waals surface area contributed by atoms with Crippen LogP contribution in [0.1, 0.15) is 39.6 Å². The summed E-state index contributed by atoms with van der Waals surface area (Å²) in [6.07, 6.45) is 0.808. The number of benzene rings is 2. The number of fused-ring (bicyclic) bond motifs is 1. The van der Waals surface area contributed by atoms with E-state index in [1.165, 1.54) is 0 Å². The van der Waals surface area contributed by atoms with Gasteiger partial charge >= 0.3 is 5.97 Å². The highest BCUT2D eigenvalue weighted by Crippen LogP contribution is 2.33. The molecule has 136 valence electrons. The number of esters is 1. The van der Waals surface area contributed by atoms with Gasteiger partial charge in [-0.05, 0) is 55.8 Å². The van der Waals surface area contributed by atoms with Crippen LogP contribution in [0.25, 0.3) is 0 Å². The van der Waals surface area contributed by atoms with Crippen LogP contribution in [-0.2, 0) is 4.74 Å². The van der Waals surface area contributed by atoms with Crippen LogP contribution < -0.4 is 14.8 Å². The molecule has 0 aromatic heterocycles. The molecule has 1 heterocycles. The molecule has 0 atom stereocenters. The normalized spacial score (nSPS) is 12.8. The average Bonchev–Trinajstić information content (AvgIpc) is 2.86. The second-order valence-corrected chi connectivity index (χ2v) is 5.92. The van der Waals surface area contributed by atoms with Crippen molar-refractivity contribution in [3.05, 3.63) is 53.1 Å². The monoisotopic (exact) mass is 355 g/mol. The standard InChI is InChI=1S/C20H21NO5/c1-3-24-20(23)14-5-7-15(8-6-14)21-19(22)16-12-18-17(11-13(16)2)25-9-4-10-26-18/h5-8,11-12H,3-4,9-10H2,1-2H3,(H,21,22). The zero-order valence-electron chi connectivity index (χ0n) is 14.8. The van der Waals surface area contributed by atoms with Crippen molar-refractivity contribution in [1.29, 1.82) is 0 Å². The van der Waals surface area contributed by atoms with E-state index in [4.69, 9.17) is 14.2 Å². The number of ether oxygens (including phenoxy) is 3. The van der Waals surface area contributed by atoms with Gasteiger partial charge in [0.15, 0.2) is 11.5 Å². The first-order chi connectivity index (χ1) is 12.6. The number of hydrogen-bond donors (Lipinski definition) is 1. The Balaban J connectivity index is 1.76. The maximum Gasteiger partial charge on any atom is 0.338 e. The van der Waals surface area contributed by atoms with Gasteiger partial charge in [-0.15, -0.1) is 0 Å². The molecule has 1 aliphatic rings. The van der Waals surface area contributed by atoms with Crippen molar-refractivity contribution < 1.29 is 23.8 Å². The summed E-state index contributed by atoms with van der Waals surface area (Å²) in [6.45, 7) is 5.09. The summed E-state index contributed by atoms with van der Waals surface area (Å²) >= 11 is 0. The Morgan fingerprint density at radius 3 is 2.38 bits per heavy atom. The van der Waals surface area contributed by atoms with Gasteiger partial charge in [-0.1, -0.05) is 0 Å². The van der Waals surface area contributed by atoms with Crippen LogP contribution >= 0.6 is 0 Å². The number of nitrogens with one attached hydrogen (secondary N) is 1. The van der Waals surface area contributed by atoms with Crippen molar-refractivity contribution >= 4 is 17.6 Å². The highest BCUT2D eigenvalue weighted by Gasteiger charge is 2.17. The number of amides is 1. The summed E-state index contributed by atoms with van der Waals surface area (Å²) in [5, 5.41) is 2.83. The number of carbonyl (C=O) groups excluding carboxylic acids is 2. The molecular formula is C20H21NO5. The van der Waals surface area contributed by atoms with E-state index in [2.05, 4.69) is 5.32 Å². The Bertz CT molecular complexity index is 814. The predicted molar refractivity (Wildman–Crippen MR) is 97.1 cm³/mol. The Kier molecular flexibility index (Phi) is 5.41. The Morgan fingerprint density at radius 1 is 1.08 bits per heavy atom. The van der Waals surface area contributed by atoms with Crippen LogP contribution in [0, 0.1) is 6.92 Å². The van der Waals surface area contributed by atoms with Gasteiger partial charge in [-0.3, -0.25) is 4.79 Å². The minimum absolute atomic E-state index is 0.248. The molecule has 0 saturated carbocycles. The highest BCUT2D eigenvalue weighted by molar-refractivity contribution is 6.06. The molecule has 0 spiro atoms. The Morgan fingerprint density at radius 2 is 1.73 bits per heavy atom. The lowest BCUT2D eigenvalue weighted by molar-refractivity contribution is 0.0526. The third kappa shape index (κ3) is 3.96. The predicted octanol–water partition coefficient (Wildman–Crippen LogP) is 3.59. The van der Waals surface area contributed by atoms with E-state index >= 15 is 0 Å². The molecule has 2 aromatic rings. The molecular weight excluding hydrogens is 334 g/mol. The lowest BCUT2D eigenvalue weighted by Gasteiger charge is -2.13. The average molecular weight is 355 g/mol. The van der Waals surface area contributed by atoms with E-state index in [1.54, 1.807) is 37.3 Å². The topological polar surface area (TPSA) is 73.9 Å². The first-order valence-corrected chi connectivity index (χ1v) is 8.57. The van der Waals surface area contributed by atoms with Crippen molar-refractivity contribution in [3.8, 4) is 11.5 Å². The van der Waals surface area contributed by atoms with Crippen molar-refractivity contribution in [1.82, 2.24) is 0 Å². The highest BCUT2D eigenvalue weighted by atomic mass is 16.5. The van der Waals surface area contributed by atoms with Crippen molar-refractivity contribution in [2.75, 3.05) is 25.1 Å². The van der Waals surface area contributed by atoms with Gasteiger partial charge in [0.05, 0.1) is 25.4 Å². The van der Waals surface area contributed by atoms with E-state index in [-0.39, 0.29) is 11.9 Å². The van der Waals surface area contributed by atoms with Gasteiger partial charge in [0, 0.05) is 17.7 Å². The SMILES string of the molecule is CCOC(=O)c1ccc(NC(=O)c2cc3c(cc2C)OCCCO3)cc1. The number of anilines is 1. The summed E-state index contributed by atoms with van der Waals surface area (Å²) in [6, 6.07) is 10.1. The zero-order valence-corrected chi connectivity index (χ0v) is 14.8. The van der Waals surface area contributed by atoms with Gasteiger partial charge < -0.3 is 19.5 Å². The minimum Gasteiger partial charge on any atom is -0.490 e. The fourth-order valence-electron chi connectivity index (χ4n) is 2.66. The molecule has 1 amide bonds. The van der Waals surface area contributed by atoms with Crippen LogP contribution in [0.5, 0.6) is 11.5 Å². The maximum atomic E-state index is 12.6. The molecule has 26 heavy (non-hydrogen) atoms. The molecule has 6 nitrogen and oxygen atoms in total. The van der Waals surface area contributed by atoms with Crippen LogP contribution in [0.15, 0.2) is 36.4 Å². The summed E-state index contributed by atoms with van der Waals surface area (Å²) in [5.41, 5.74) is 2.35. The zero-order chi connectivity index (χ0) is 18.5. The van der Waals surface area contributed by atoms with Gasteiger partial charge in [0.25, 0.3) is 5.91 Å². The molecule has 2 aromatic carbocycles. The van der Waals surface area contributed by atoms with E-state index in [0.29, 0.717) is 48.1 Å². The van der Waals surface area contributed by atoms with Gasteiger partial charge in [0.1, 0.15) is 0 Å². The number of hydrogen-bond acceptors (Lipinski definition) is 5. The first kappa shape index (κ1) is 17.8. The Labute approximate surface area is 152 Å². The van der Waals surface area contributed by atoms with Gasteiger partial charge in [0.2, 0.25) is 0 Å². The quantitative estimate of drug-likeness (QED) is 0.849. The third-order valence-electron chi connectivity index (χ3n) is 3.99. The van der Waals surface area contributed by atoms with Gasteiger partial charge in [-0.25, -0.2) is 4.79 Å². The second kappa shape index (κ2) is 7.91.